The first-order valence-electron chi connectivity index (χ1n) is 4.66. The number of hydrogen-bond donors (Lipinski definition) is 2. The van der Waals surface area contributed by atoms with Gasteiger partial charge in [0.2, 0.25) is 0 Å². The van der Waals surface area contributed by atoms with Gasteiger partial charge >= 0.3 is 0 Å². The van der Waals surface area contributed by atoms with Gasteiger partial charge in [-0.25, -0.2) is 4.98 Å². The lowest BCUT2D eigenvalue weighted by molar-refractivity contribution is 0.875. The number of anilines is 2. The Morgan fingerprint density at radius 2 is 2.36 bits per heavy atom. The summed E-state index contributed by atoms with van der Waals surface area (Å²) >= 11 is 0. The Labute approximate surface area is 83.3 Å². The predicted octanol–water partition coefficient (Wildman–Crippen LogP) is 1.96. The number of nitrogens with one attached hydrogen (secondary N) is 1. The molecule has 1 atom stereocenters. The van der Waals surface area contributed by atoms with Crippen molar-refractivity contribution in [1.82, 2.24) is 4.98 Å². The Kier molecular flexibility index (Phi) is 2.49. The smallest absolute Gasteiger partial charge is 0.149 e. The van der Waals surface area contributed by atoms with E-state index in [2.05, 4.69) is 22.5 Å². The Morgan fingerprint density at radius 1 is 1.43 bits per heavy atom. The molecule has 0 aliphatic heterocycles. The Morgan fingerprint density at radius 3 is 3.07 bits per heavy atom. The number of nitrogens with zero attached hydrogens (tertiary/aromatic N) is 1. The summed E-state index contributed by atoms with van der Waals surface area (Å²) in [5.74, 6) is 0.762. The van der Waals surface area contributed by atoms with Gasteiger partial charge in [-0.05, 0) is 18.6 Å². The zero-order valence-corrected chi connectivity index (χ0v) is 7.85. The van der Waals surface area contributed by atoms with Crippen LogP contribution in [0.25, 0.3) is 0 Å². The minimum Gasteiger partial charge on any atom is -0.396 e. The first-order chi connectivity index (χ1) is 6.86. The van der Waals surface area contributed by atoms with Crippen LogP contribution in [-0.4, -0.2) is 11.0 Å². The molecule has 1 aliphatic carbocycles. The van der Waals surface area contributed by atoms with E-state index in [1.807, 2.05) is 24.3 Å². The molecule has 0 spiro atoms. The lowest BCUT2D eigenvalue weighted by Gasteiger charge is -2.16. The summed E-state index contributed by atoms with van der Waals surface area (Å²) in [5.41, 5.74) is 6.46. The monoisotopic (exact) mass is 187 g/mol. The number of allylic oxidation sites excluding steroid dienone is 2. The van der Waals surface area contributed by atoms with Crippen LogP contribution in [0.4, 0.5) is 11.5 Å². The summed E-state index contributed by atoms with van der Waals surface area (Å²) < 4.78 is 0. The molecule has 3 heteroatoms. The lowest BCUT2D eigenvalue weighted by atomic mass is 10.1. The van der Waals surface area contributed by atoms with Crippen LogP contribution in [0.5, 0.6) is 0 Å². The largest absolute Gasteiger partial charge is 0.396 e. The second-order valence-electron chi connectivity index (χ2n) is 3.24. The van der Waals surface area contributed by atoms with Crippen molar-refractivity contribution in [2.45, 2.75) is 12.5 Å². The van der Waals surface area contributed by atoms with Gasteiger partial charge in [-0.1, -0.05) is 24.3 Å². The third-order valence-electron chi connectivity index (χ3n) is 2.14. The van der Waals surface area contributed by atoms with E-state index in [0.29, 0.717) is 11.7 Å². The molecule has 0 saturated carbocycles. The van der Waals surface area contributed by atoms with Crippen LogP contribution in [0, 0.1) is 0 Å². The van der Waals surface area contributed by atoms with E-state index in [1.54, 1.807) is 6.20 Å². The molecular formula is C11H13N3. The number of aromatic nitrogens is 1. The van der Waals surface area contributed by atoms with Crippen LogP contribution in [-0.2, 0) is 0 Å². The van der Waals surface area contributed by atoms with E-state index in [-0.39, 0.29) is 0 Å². The van der Waals surface area contributed by atoms with Gasteiger partial charge < -0.3 is 11.1 Å². The highest BCUT2D eigenvalue weighted by molar-refractivity contribution is 5.61. The molecule has 0 amide bonds. The molecule has 0 saturated heterocycles. The van der Waals surface area contributed by atoms with Gasteiger partial charge in [0.1, 0.15) is 5.82 Å². The Bertz CT molecular complexity index is 369. The molecule has 0 bridgehead atoms. The van der Waals surface area contributed by atoms with Gasteiger partial charge in [0.25, 0.3) is 0 Å². The fourth-order valence-electron chi connectivity index (χ4n) is 1.40. The van der Waals surface area contributed by atoms with Crippen LogP contribution in [0.15, 0.2) is 42.6 Å². The zero-order valence-electron chi connectivity index (χ0n) is 7.85. The summed E-state index contributed by atoms with van der Waals surface area (Å²) in [7, 11) is 0. The van der Waals surface area contributed by atoms with Crippen molar-refractivity contribution >= 4 is 11.5 Å². The fourth-order valence-corrected chi connectivity index (χ4v) is 1.40. The van der Waals surface area contributed by atoms with E-state index >= 15 is 0 Å². The second-order valence-corrected chi connectivity index (χ2v) is 3.24. The molecule has 0 aromatic carbocycles. The normalized spacial score (nSPS) is 19.6. The van der Waals surface area contributed by atoms with Gasteiger partial charge in [-0.2, -0.15) is 0 Å². The third kappa shape index (κ3) is 1.93. The van der Waals surface area contributed by atoms with Gasteiger partial charge in [0.15, 0.2) is 0 Å². The minimum absolute atomic E-state index is 0.303. The van der Waals surface area contributed by atoms with Crippen molar-refractivity contribution in [2.24, 2.45) is 0 Å². The number of nitrogens with two attached hydrogens (primary N) is 1. The molecule has 0 radical (unpaired) electrons. The van der Waals surface area contributed by atoms with Gasteiger partial charge in [-0.3, -0.25) is 0 Å². The summed E-state index contributed by atoms with van der Waals surface area (Å²) in [4.78, 5) is 4.18. The maximum Gasteiger partial charge on any atom is 0.149 e. The molecular weight excluding hydrogens is 174 g/mol. The molecule has 0 fully saturated rings. The number of pyridine rings is 1. The van der Waals surface area contributed by atoms with Crippen molar-refractivity contribution in [3.05, 3.63) is 42.6 Å². The van der Waals surface area contributed by atoms with Gasteiger partial charge in [0.05, 0.1) is 5.69 Å². The molecule has 1 aromatic rings. The van der Waals surface area contributed by atoms with Crippen LogP contribution in [0.2, 0.25) is 0 Å². The third-order valence-corrected chi connectivity index (χ3v) is 2.14. The van der Waals surface area contributed by atoms with Gasteiger partial charge in [0, 0.05) is 12.2 Å². The summed E-state index contributed by atoms with van der Waals surface area (Å²) in [6.07, 6.45) is 11.0. The molecule has 2 rings (SSSR count). The molecule has 1 unspecified atom stereocenters. The van der Waals surface area contributed by atoms with Crippen LogP contribution in [0.3, 0.4) is 0 Å². The van der Waals surface area contributed by atoms with Crippen LogP contribution in [0.1, 0.15) is 6.42 Å². The Balaban J connectivity index is 2.07. The van der Waals surface area contributed by atoms with Crippen molar-refractivity contribution < 1.29 is 0 Å². The number of nitrogen functional groups attached to an aromatic ring is 1. The first-order valence-corrected chi connectivity index (χ1v) is 4.66. The van der Waals surface area contributed by atoms with E-state index in [4.69, 9.17) is 5.73 Å². The number of hydrogen-bond acceptors (Lipinski definition) is 3. The SMILES string of the molecule is Nc1cccnc1NC1C=CC=CC1. The lowest BCUT2D eigenvalue weighted by Crippen LogP contribution is -2.18. The molecule has 72 valence electrons. The molecule has 1 heterocycles. The summed E-state index contributed by atoms with van der Waals surface area (Å²) in [6, 6.07) is 3.98. The van der Waals surface area contributed by atoms with Crippen molar-refractivity contribution in [2.75, 3.05) is 11.1 Å². The fraction of sp³-hybridized carbons (Fsp3) is 0.182. The molecule has 1 aliphatic rings. The average molecular weight is 187 g/mol. The maximum absolute atomic E-state index is 5.77. The number of rotatable bonds is 2. The predicted molar refractivity (Wildman–Crippen MR) is 59.0 cm³/mol. The Hall–Kier alpha value is -1.77. The van der Waals surface area contributed by atoms with Crippen molar-refractivity contribution in [3.8, 4) is 0 Å². The highest BCUT2D eigenvalue weighted by atomic mass is 15.0. The molecule has 3 N–H and O–H groups in total. The minimum atomic E-state index is 0.303. The highest BCUT2D eigenvalue weighted by Crippen LogP contribution is 2.16. The van der Waals surface area contributed by atoms with E-state index in [1.165, 1.54) is 0 Å². The zero-order chi connectivity index (χ0) is 9.80. The van der Waals surface area contributed by atoms with E-state index in [9.17, 15) is 0 Å². The quantitative estimate of drug-likeness (QED) is 0.744. The topological polar surface area (TPSA) is 50.9 Å². The molecule has 1 aromatic heterocycles. The highest BCUT2D eigenvalue weighted by Gasteiger charge is 2.06. The maximum atomic E-state index is 5.77. The van der Waals surface area contributed by atoms with Crippen molar-refractivity contribution in [3.63, 3.8) is 0 Å². The second kappa shape index (κ2) is 3.96. The van der Waals surface area contributed by atoms with Crippen molar-refractivity contribution in [1.29, 1.82) is 0 Å². The van der Waals surface area contributed by atoms with Gasteiger partial charge in [-0.15, -0.1) is 0 Å². The van der Waals surface area contributed by atoms with Crippen LogP contribution >= 0.6 is 0 Å². The molecule has 3 nitrogen and oxygen atoms in total. The molecule has 14 heavy (non-hydrogen) atoms. The average Bonchev–Trinajstić information content (AvgIpc) is 2.23. The van der Waals surface area contributed by atoms with E-state index < -0.39 is 0 Å². The summed E-state index contributed by atoms with van der Waals surface area (Å²) in [5, 5.41) is 3.27. The van der Waals surface area contributed by atoms with E-state index in [0.717, 1.165) is 12.2 Å². The summed E-state index contributed by atoms with van der Waals surface area (Å²) in [6.45, 7) is 0. The first kappa shape index (κ1) is 8.81. The van der Waals surface area contributed by atoms with Crippen LogP contribution < -0.4 is 11.1 Å². The standard InChI is InChI=1S/C11H13N3/c12-10-7-4-8-13-11(10)14-9-5-2-1-3-6-9/h1-5,7-9H,6,12H2,(H,13,14).